The smallest absolute Gasteiger partial charge is 0.213 e. The highest BCUT2D eigenvalue weighted by Crippen LogP contribution is 2.22. The third kappa shape index (κ3) is 5.32. The van der Waals surface area contributed by atoms with Gasteiger partial charge in [0.1, 0.15) is 5.76 Å². The van der Waals surface area contributed by atoms with Crippen LogP contribution in [0.4, 0.5) is 0 Å². The van der Waals surface area contributed by atoms with Crippen LogP contribution < -0.4 is 10.6 Å². The zero-order valence-corrected chi connectivity index (χ0v) is 12.9. The van der Waals surface area contributed by atoms with E-state index < -0.39 is 0 Å². The zero-order chi connectivity index (χ0) is 14.5. The molecule has 1 rings (SSSR count). The van der Waals surface area contributed by atoms with Gasteiger partial charge in [-0.05, 0) is 5.92 Å². The maximum atomic E-state index is 5.71. The molecule has 2 N–H and O–H groups in total. The van der Waals surface area contributed by atoms with E-state index >= 15 is 0 Å². The minimum atomic E-state index is -0.0111. The first-order valence-electron chi connectivity index (χ1n) is 6.72. The second-order valence-corrected chi connectivity index (χ2v) is 6.07. The van der Waals surface area contributed by atoms with Crippen LogP contribution in [0.15, 0.2) is 15.6 Å². The number of aliphatic imine (C=N–C) groups is 1. The lowest BCUT2D eigenvalue weighted by atomic mass is 9.94. The normalized spacial score (nSPS) is 12.9. The number of hydrogen-bond donors (Lipinski definition) is 2. The topological polar surface area (TPSA) is 62.5 Å². The van der Waals surface area contributed by atoms with Crippen LogP contribution >= 0.6 is 0 Å². The van der Waals surface area contributed by atoms with Crippen LogP contribution in [0.25, 0.3) is 0 Å². The Balaban J connectivity index is 2.49. The van der Waals surface area contributed by atoms with Gasteiger partial charge < -0.3 is 15.1 Å². The summed E-state index contributed by atoms with van der Waals surface area (Å²) in [6.45, 7) is 12.1. The van der Waals surface area contributed by atoms with E-state index in [-0.39, 0.29) is 5.41 Å². The Bertz CT molecular complexity index is 415. The molecule has 1 heterocycles. The SMILES string of the molecule is CN=C(NCc1ncc(C(C)(C)C)o1)NCC(C)C. The molecule has 0 spiro atoms. The summed E-state index contributed by atoms with van der Waals surface area (Å²) < 4.78 is 5.71. The molecule has 0 aliphatic rings. The predicted octanol–water partition coefficient (Wildman–Crippen LogP) is 2.29. The highest BCUT2D eigenvalue weighted by molar-refractivity contribution is 5.79. The van der Waals surface area contributed by atoms with E-state index in [4.69, 9.17) is 4.42 Å². The number of nitrogens with one attached hydrogen (secondary N) is 2. The van der Waals surface area contributed by atoms with Crippen LogP contribution in [-0.2, 0) is 12.0 Å². The summed E-state index contributed by atoms with van der Waals surface area (Å²) in [4.78, 5) is 8.43. The summed E-state index contributed by atoms with van der Waals surface area (Å²) in [6.07, 6.45) is 1.79. The molecular weight excluding hydrogens is 240 g/mol. The monoisotopic (exact) mass is 266 g/mol. The quantitative estimate of drug-likeness (QED) is 0.648. The molecule has 1 aromatic heterocycles. The molecule has 0 aromatic carbocycles. The van der Waals surface area contributed by atoms with Crippen LogP contribution in [0.3, 0.4) is 0 Å². The number of hydrogen-bond acceptors (Lipinski definition) is 3. The number of rotatable bonds is 4. The summed E-state index contributed by atoms with van der Waals surface area (Å²) in [5.41, 5.74) is -0.0111. The molecule has 5 heteroatoms. The fraction of sp³-hybridized carbons (Fsp3) is 0.714. The van der Waals surface area contributed by atoms with Gasteiger partial charge in [0.15, 0.2) is 5.96 Å². The Morgan fingerprint density at radius 1 is 1.37 bits per heavy atom. The number of guanidine groups is 1. The van der Waals surface area contributed by atoms with Crippen molar-refractivity contribution in [2.45, 2.75) is 46.6 Å². The first-order chi connectivity index (χ1) is 8.82. The third-order valence-electron chi connectivity index (χ3n) is 2.60. The maximum absolute atomic E-state index is 5.71. The highest BCUT2D eigenvalue weighted by atomic mass is 16.4. The molecule has 5 nitrogen and oxygen atoms in total. The zero-order valence-electron chi connectivity index (χ0n) is 12.9. The van der Waals surface area contributed by atoms with Crippen molar-refractivity contribution in [1.82, 2.24) is 15.6 Å². The highest BCUT2D eigenvalue weighted by Gasteiger charge is 2.19. The minimum absolute atomic E-state index is 0.0111. The van der Waals surface area contributed by atoms with E-state index in [2.05, 4.69) is 55.2 Å². The minimum Gasteiger partial charge on any atom is -0.443 e. The molecule has 0 fully saturated rings. The van der Waals surface area contributed by atoms with Crippen LogP contribution in [-0.4, -0.2) is 24.5 Å². The van der Waals surface area contributed by atoms with Gasteiger partial charge in [-0.3, -0.25) is 4.99 Å². The summed E-state index contributed by atoms with van der Waals surface area (Å²) in [5.74, 6) is 2.92. The fourth-order valence-corrected chi connectivity index (χ4v) is 1.42. The van der Waals surface area contributed by atoms with E-state index in [0.717, 1.165) is 18.3 Å². The molecular formula is C14H26N4O. The van der Waals surface area contributed by atoms with Crippen LogP contribution in [0, 0.1) is 5.92 Å². The number of aromatic nitrogens is 1. The van der Waals surface area contributed by atoms with Crippen LogP contribution in [0.2, 0.25) is 0 Å². The van der Waals surface area contributed by atoms with Crippen molar-refractivity contribution < 1.29 is 4.42 Å². The van der Waals surface area contributed by atoms with Crippen molar-refractivity contribution >= 4 is 5.96 Å². The lowest BCUT2D eigenvalue weighted by Gasteiger charge is -2.14. The van der Waals surface area contributed by atoms with Gasteiger partial charge >= 0.3 is 0 Å². The molecule has 0 saturated heterocycles. The summed E-state index contributed by atoms with van der Waals surface area (Å²) >= 11 is 0. The first kappa shape index (κ1) is 15.5. The van der Waals surface area contributed by atoms with E-state index in [1.165, 1.54) is 0 Å². The van der Waals surface area contributed by atoms with Gasteiger partial charge in [-0.15, -0.1) is 0 Å². The van der Waals surface area contributed by atoms with Gasteiger partial charge in [-0.2, -0.15) is 0 Å². The van der Waals surface area contributed by atoms with Gasteiger partial charge in [-0.1, -0.05) is 34.6 Å². The van der Waals surface area contributed by atoms with E-state index in [9.17, 15) is 0 Å². The third-order valence-corrected chi connectivity index (χ3v) is 2.60. The standard InChI is InChI=1S/C14H26N4O/c1-10(2)7-17-13(15-6)18-9-12-16-8-11(19-12)14(3,4)5/h8,10H,7,9H2,1-6H3,(H2,15,17,18). The number of nitrogens with zero attached hydrogens (tertiary/aromatic N) is 2. The average Bonchev–Trinajstić information content (AvgIpc) is 2.77. The van der Waals surface area contributed by atoms with Crippen LogP contribution in [0.5, 0.6) is 0 Å². The average molecular weight is 266 g/mol. The maximum Gasteiger partial charge on any atom is 0.213 e. The van der Waals surface area contributed by atoms with E-state index in [1.807, 2.05) is 0 Å². The molecule has 0 atom stereocenters. The van der Waals surface area contributed by atoms with Gasteiger partial charge in [0.2, 0.25) is 5.89 Å². The molecule has 0 bridgehead atoms. The Morgan fingerprint density at radius 3 is 2.53 bits per heavy atom. The molecule has 0 unspecified atom stereocenters. The molecule has 0 saturated carbocycles. The lowest BCUT2D eigenvalue weighted by molar-refractivity contribution is 0.379. The van der Waals surface area contributed by atoms with Crippen molar-refractivity contribution in [2.75, 3.05) is 13.6 Å². The molecule has 1 aromatic rings. The first-order valence-corrected chi connectivity index (χ1v) is 6.72. The summed E-state index contributed by atoms with van der Waals surface area (Å²) in [5, 5.41) is 6.43. The van der Waals surface area contributed by atoms with Gasteiger partial charge in [0, 0.05) is 19.0 Å². The lowest BCUT2D eigenvalue weighted by Crippen LogP contribution is -2.38. The molecule has 0 amide bonds. The Labute approximate surface area is 115 Å². The summed E-state index contributed by atoms with van der Waals surface area (Å²) in [7, 11) is 1.76. The molecule has 19 heavy (non-hydrogen) atoms. The molecule has 0 radical (unpaired) electrons. The number of oxazole rings is 1. The second-order valence-electron chi connectivity index (χ2n) is 6.07. The van der Waals surface area contributed by atoms with E-state index in [1.54, 1.807) is 13.2 Å². The Morgan fingerprint density at radius 2 is 2.05 bits per heavy atom. The van der Waals surface area contributed by atoms with Gasteiger partial charge in [0.05, 0.1) is 12.7 Å². The van der Waals surface area contributed by atoms with E-state index in [0.29, 0.717) is 18.4 Å². The van der Waals surface area contributed by atoms with Gasteiger partial charge in [-0.25, -0.2) is 4.98 Å². The van der Waals surface area contributed by atoms with Crippen molar-refractivity contribution in [3.63, 3.8) is 0 Å². The van der Waals surface area contributed by atoms with Gasteiger partial charge in [0.25, 0.3) is 0 Å². The second kappa shape index (κ2) is 6.59. The van der Waals surface area contributed by atoms with Crippen molar-refractivity contribution in [3.05, 3.63) is 17.8 Å². The van der Waals surface area contributed by atoms with Crippen molar-refractivity contribution in [2.24, 2.45) is 10.9 Å². The summed E-state index contributed by atoms with van der Waals surface area (Å²) in [6, 6.07) is 0. The van der Waals surface area contributed by atoms with Crippen molar-refractivity contribution in [3.8, 4) is 0 Å². The Hall–Kier alpha value is -1.52. The fourth-order valence-electron chi connectivity index (χ4n) is 1.42. The van der Waals surface area contributed by atoms with Crippen LogP contribution in [0.1, 0.15) is 46.3 Å². The molecule has 0 aliphatic carbocycles. The predicted molar refractivity (Wildman–Crippen MR) is 78.2 cm³/mol. The molecule has 0 aliphatic heterocycles. The largest absolute Gasteiger partial charge is 0.443 e. The molecule has 108 valence electrons. The van der Waals surface area contributed by atoms with Crippen molar-refractivity contribution in [1.29, 1.82) is 0 Å². The Kier molecular flexibility index (Phi) is 5.39.